The second kappa shape index (κ2) is 10.3. The number of hydrogen-bond acceptors (Lipinski definition) is 4. The molecule has 0 aromatic heterocycles. The summed E-state index contributed by atoms with van der Waals surface area (Å²) < 4.78 is 5.85. The smallest absolute Gasteiger partial charge is 0.263 e. The fourth-order valence-electron chi connectivity index (χ4n) is 3.69. The summed E-state index contributed by atoms with van der Waals surface area (Å²) in [7, 11) is 0. The first-order chi connectivity index (χ1) is 15.2. The molecule has 1 N–H and O–H groups in total. The number of nitrogens with one attached hydrogen (secondary N) is 1. The number of carbonyl (C=O) groups excluding carboxylic acids is 3. The van der Waals surface area contributed by atoms with Crippen molar-refractivity contribution >= 4 is 23.4 Å². The maximum absolute atomic E-state index is 12.8. The second-order valence-corrected chi connectivity index (χ2v) is 8.36. The summed E-state index contributed by atoms with van der Waals surface area (Å²) in [5, 5.41) is 2.69. The summed E-state index contributed by atoms with van der Waals surface area (Å²) in [6.45, 7) is 9.25. The second-order valence-electron chi connectivity index (χ2n) is 8.36. The highest BCUT2D eigenvalue weighted by Gasteiger charge is 2.28. The summed E-state index contributed by atoms with van der Waals surface area (Å²) in [4.78, 5) is 40.4. The van der Waals surface area contributed by atoms with E-state index in [1.807, 2.05) is 24.3 Å². The van der Waals surface area contributed by atoms with Crippen molar-refractivity contribution in [3.63, 3.8) is 0 Å². The molecule has 1 atom stereocenters. The molecule has 1 fully saturated rings. The fraction of sp³-hybridized carbons (Fsp3) is 0.400. The SMILES string of the molecule is CC(=O)Nc1cccc(C(=O)N2CCN(C(=O)C(C)Oc3ccc(C(C)C)cc3)CC2)c1. The molecule has 7 heteroatoms. The molecule has 32 heavy (non-hydrogen) atoms. The first kappa shape index (κ1) is 23.3. The van der Waals surface area contributed by atoms with E-state index in [9.17, 15) is 14.4 Å². The molecule has 0 aliphatic carbocycles. The van der Waals surface area contributed by atoms with E-state index in [1.165, 1.54) is 12.5 Å². The predicted molar refractivity (Wildman–Crippen MR) is 124 cm³/mol. The van der Waals surface area contributed by atoms with Crippen molar-refractivity contribution in [3.8, 4) is 5.75 Å². The van der Waals surface area contributed by atoms with Gasteiger partial charge in [-0.15, -0.1) is 0 Å². The number of hydrogen-bond donors (Lipinski definition) is 1. The Hall–Kier alpha value is -3.35. The first-order valence-electron chi connectivity index (χ1n) is 11.0. The minimum Gasteiger partial charge on any atom is -0.481 e. The monoisotopic (exact) mass is 437 g/mol. The van der Waals surface area contributed by atoms with Gasteiger partial charge in [0.15, 0.2) is 6.10 Å². The van der Waals surface area contributed by atoms with Crippen molar-refractivity contribution in [2.24, 2.45) is 0 Å². The van der Waals surface area contributed by atoms with E-state index in [1.54, 1.807) is 41.0 Å². The van der Waals surface area contributed by atoms with Gasteiger partial charge in [-0.25, -0.2) is 0 Å². The third-order valence-electron chi connectivity index (χ3n) is 5.52. The van der Waals surface area contributed by atoms with E-state index < -0.39 is 6.10 Å². The highest BCUT2D eigenvalue weighted by molar-refractivity contribution is 5.97. The lowest BCUT2D eigenvalue weighted by Crippen LogP contribution is -2.53. The average molecular weight is 438 g/mol. The van der Waals surface area contributed by atoms with Crippen LogP contribution in [-0.2, 0) is 9.59 Å². The van der Waals surface area contributed by atoms with Gasteiger partial charge in [-0.3, -0.25) is 14.4 Å². The van der Waals surface area contributed by atoms with Crippen LogP contribution in [0.25, 0.3) is 0 Å². The molecule has 1 aliphatic heterocycles. The van der Waals surface area contributed by atoms with Gasteiger partial charge in [-0.1, -0.05) is 32.0 Å². The van der Waals surface area contributed by atoms with Gasteiger partial charge in [-0.2, -0.15) is 0 Å². The van der Waals surface area contributed by atoms with Crippen LogP contribution in [0.2, 0.25) is 0 Å². The number of ether oxygens (including phenoxy) is 1. The molecule has 2 aromatic rings. The van der Waals surface area contributed by atoms with Crippen LogP contribution in [0.5, 0.6) is 5.75 Å². The lowest BCUT2D eigenvalue weighted by atomic mass is 10.0. The Morgan fingerprint density at radius 2 is 1.53 bits per heavy atom. The minimum absolute atomic E-state index is 0.0855. The van der Waals surface area contributed by atoms with E-state index in [2.05, 4.69) is 19.2 Å². The lowest BCUT2D eigenvalue weighted by molar-refractivity contribution is -0.139. The van der Waals surface area contributed by atoms with Crippen LogP contribution < -0.4 is 10.1 Å². The van der Waals surface area contributed by atoms with Crippen molar-refractivity contribution in [2.75, 3.05) is 31.5 Å². The minimum atomic E-state index is -0.600. The molecule has 2 aromatic carbocycles. The molecular formula is C25H31N3O4. The highest BCUT2D eigenvalue weighted by Crippen LogP contribution is 2.20. The number of carbonyl (C=O) groups is 3. The maximum Gasteiger partial charge on any atom is 0.263 e. The number of rotatable bonds is 6. The zero-order valence-corrected chi connectivity index (χ0v) is 19.1. The molecule has 0 saturated carbocycles. The van der Waals surface area contributed by atoms with Crippen molar-refractivity contribution in [1.82, 2.24) is 9.80 Å². The standard InChI is InChI=1S/C25H31N3O4/c1-17(2)20-8-10-23(11-9-20)32-18(3)24(30)27-12-14-28(15-13-27)25(31)21-6-5-7-22(16-21)26-19(4)29/h5-11,16-18H,12-15H2,1-4H3,(H,26,29). The molecule has 0 spiro atoms. The normalized spacial score (nSPS) is 14.8. The van der Waals surface area contributed by atoms with Gasteiger partial charge in [0, 0.05) is 44.4 Å². The maximum atomic E-state index is 12.8. The van der Waals surface area contributed by atoms with Crippen molar-refractivity contribution < 1.29 is 19.1 Å². The number of piperazine rings is 1. The van der Waals surface area contributed by atoms with E-state index in [-0.39, 0.29) is 17.7 Å². The van der Waals surface area contributed by atoms with Crippen molar-refractivity contribution in [2.45, 2.75) is 39.7 Å². The summed E-state index contributed by atoms with van der Waals surface area (Å²) in [5.74, 6) is 0.726. The van der Waals surface area contributed by atoms with Gasteiger partial charge in [-0.05, 0) is 48.7 Å². The summed E-state index contributed by atoms with van der Waals surface area (Å²) in [6.07, 6.45) is -0.600. The largest absolute Gasteiger partial charge is 0.481 e. The molecular weight excluding hydrogens is 406 g/mol. The quantitative estimate of drug-likeness (QED) is 0.750. The molecule has 0 bridgehead atoms. The zero-order chi connectivity index (χ0) is 23.3. The third-order valence-corrected chi connectivity index (χ3v) is 5.52. The Balaban J connectivity index is 1.53. The third kappa shape index (κ3) is 5.87. The highest BCUT2D eigenvalue weighted by atomic mass is 16.5. The summed E-state index contributed by atoms with van der Waals surface area (Å²) in [5.41, 5.74) is 2.32. The van der Waals surface area contributed by atoms with Crippen LogP contribution in [0.15, 0.2) is 48.5 Å². The van der Waals surface area contributed by atoms with Gasteiger partial charge in [0.25, 0.3) is 11.8 Å². The topological polar surface area (TPSA) is 79.0 Å². The molecule has 170 valence electrons. The molecule has 1 saturated heterocycles. The van der Waals surface area contributed by atoms with Gasteiger partial charge < -0.3 is 19.9 Å². The Morgan fingerprint density at radius 1 is 0.906 bits per heavy atom. The summed E-state index contributed by atoms with van der Waals surface area (Å²) in [6, 6.07) is 14.7. The Kier molecular flexibility index (Phi) is 7.51. The van der Waals surface area contributed by atoms with Gasteiger partial charge in [0.2, 0.25) is 5.91 Å². The lowest BCUT2D eigenvalue weighted by Gasteiger charge is -2.36. The van der Waals surface area contributed by atoms with Crippen molar-refractivity contribution in [1.29, 1.82) is 0 Å². The van der Waals surface area contributed by atoms with Crippen LogP contribution in [-0.4, -0.2) is 59.8 Å². The van der Waals surface area contributed by atoms with Crippen LogP contribution in [0.3, 0.4) is 0 Å². The van der Waals surface area contributed by atoms with Gasteiger partial charge in [0.1, 0.15) is 5.75 Å². The molecule has 3 amide bonds. The van der Waals surface area contributed by atoms with Crippen LogP contribution in [0.1, 0.15) is 49.5 Å². The molecule has 3 rings (SSSR count). The van der Waals surface area contributed by atoms with Gasteiger partial charge in [0.05, 0.1) is 0 Å². The zero-order valence-electron chi connectivity index (χ0n) is 19.1. The molecule has 1 unspecified atom stereocenters. The summed E-state index contributed by atoms with van der Waals surface area (Å²) >= 11 is 0. The van der Waals surface area contributed by atoms with E-state index in [0.29, 0.717) is 49.1 Å². The molecule has 7 nitrogen and oxygen atoms in total. The van der Waals surface area contributed by atoms with Gasteiger partial charge >= 0.3 is 0 Å². The number of benzene rings is 2. The first-order valence-corrected chi connectivity index (χ1v) is 11.0. The van der Waals surface area contributed by atoms with Crippen molar-refractivity contribution in [3.05, 3.63) is 59.7 Å². The van der Waals surface area contributed by atoms with E-state index in [4.69, 9.17) is 4.74 Å². The average Bonchev–Trinajstić information content (AvgIpc) is 2.78. The van der Waals surface area contributed by atoms with Crippen LogP contribution in [0.4, 0.5) is 5.69 Å². The van der Waals surface area contributed by atoms with E-state index >= 15 is 0 Å². The van der Waals surface area contributed by atoms with E-state index in [0.717, 1.165) is 0 Å². The Labute approximate surface area is 189 Å². The molecule has 1 aliphatic rings. The Bertz CT molecular complexity index is 963. The number of anilines is 1. The Morgan fingerprint density at radius 3 is 2.12 bits per heavy atom. The molecule has 1 heterocycles. The van der Waals surface area contributed by atoms with Crippen LogP contribution >= 0.6 is 0 Å². The molecule has 0 radical (unpaired) electrons. The number of nitrogens with zero attached hydrogens (tertiary/aromatic N) is 2. The predicted octanol–water partition coefficient (Wildman–Crippen LogP) is 3.52. The fourth-order valence-corrected chi connectivity index (χ4v) is 3.69. The number of amides is 3. The van der Waals surface area contributed by atoms with Crippen LogP contribution in [0, 0.1) is 0 Å².